The van der Waals surface area contributed by atoms with Crippen LogP contribution >= 0.6 is 0 Å². The van der Waals surface area contributed by atoms with Crippen LogP contribution in [0, 0.1) is 5.82 Å². The number of benzene rings is 2. The van der Waals surface area contributed by atoms with Crippen molar-refractivity contribution in [3.63, 3.8) is 0 Å². The molecule has 40 heavy (non-hydrogen) atoms. The van der Waals surface area contributed by atoms with Gasteiger partial charge in [0.2, 0.25) is 15.9 Å². The molecule has 0 aliphatic carbocycles. The van der Waals surface area contributed by atoms with Crippen LogP contribution in [0.2, 0.25) is 0 Å². The predicted octanol–water partition coefficient (Wildman–Crippen LogP) is 3.05. The molecular weight excluding hydrogens is 537 g/mol. The monoisotopic (exact) mass is 565 g/mol. The van der Waals surface area contributed by atoms with E-state index in [1.54, 1.807) is 17.0 Å². The molecular formula is C27H28FN7O4S. The number of nitrogens with zero attached hydrogens (tertiary/aromatic N) is 5. The molecule has 0 radical (unpaired) electrons. The minimum Gasteiger partial charge on any atom is -0.494 e. The van der Waals surface area contributed by atoms with Gasteiger partial charge in [0.25, 0.3) is 0 Å². The maximum absolute atomic E-state index is 13.7. The Bertz CT molecular complexity index is 1690. The van der Waals surface area contributed by atoms with Crippen molar-refractivity contribution in [1.82, 2.24) is 29.4 Å². The van der Waals surface area contributed by atoms with E-state index in [2.05, 4.69) is 21.3 Å². The Labute approximate surface area is 230 Å². The van der Waals surface area contributed by atoms with Gasteiger partial charge in [-0.25, -0.2) is 32.2 Å². The number of nitrogens with two attached hydrogens (primary N) is 1. The molecule has 3 N–H and O–H groups in total. The Kier molecular flexibility index (Phi) is 7.50. The van der Waals surface area contributed by atoms with Gasteiger partial charge in [-0.1, -0.05) is 30.8 Å². The van der Waals surface area contributed by atoms with Crippen molar-refractivity contribution < 1.29 is 22.3 Å². The van der Waals surface area contributed by atoms with Crippen LogP contribution in [0.3, 0.4) is 0 Å². The van der Waals surface area contributed by atoms with Crippen LogP contribution in [-0.4, -0.2) is 59.2 Å². The zero-order valence-electron chi connectivity index (χ0n) is 21.7. The number of aromatic nitrogens is 4. The average molecular weight is 566 g/mol. The van der Waals surface area contributed by atoms with Crippen LogP contribution in [0.4, 0.5) is 10.2 Å². The number of amides is 1. The highest BCUT2D eigenvalue weighted by Gasteiger charge is 2.28. The molecule has 1 aliphatic heterocycles. The minimum absolute atomic E-state index is 0.0119. The van der Waals surface area contributed by atoms with E-state index in [0.29, 0.717) is 35.4 Å². The molecule has 0 unspecified atom stereocenters. The lowest BCUT2D eigenvalue weighted by Crippen LogP contribution is -2.40. The van der Waals surface area contributed by atoms with Gasteiger partial charge in [0.15, 0.2) is 17.2 Å². The van der Waals surface area contributed by atoms with Gasteiger partial charge in [-0.15, -0.1) is 0 Å². The van der Waals surface area contributed by atoms with Crippen LogP contribution in [0.25, 0.3) is 22.3 Å². The molecule has 1 amide bonds. The number of carbonyl (C=O) groups excluding carboxylic acids is 1. The van der Waals surface area contributed by atoms with E-state index < -0.39 is 15.8 Å². The van der Waals surface area contributed by atoms with E-state index in [0.717, 1.165) is 30.5 Å². The molecule has 5 rings (SSSR count). The van der Waals surface area contributed by atoms with E-state index in [1.165, 1.54) is 25.6 Å². The summed E-state index contributed by atoms with van der Waals surface area (Å²) < 4.78 is 48.4. The molecule has 1 saturated heterocycles. The van der Waals surface area contributed by atoms with Crippen molar-refractivity contribution in [3.05, 3.63) is 72.8 Å². The third-order valence-electron chi connectivity index (χ3n) is 6.87. The van der Waals surface area contributed by atoms with Crippen molar-refractivity contribution in [2.45, 2.75) is 30.3 Å². The maximum Gasteiger partial charge on any atom is 0.246 e. The molecule has 11 nitrogen and oxygen atoms in total. The summed E-state index contributed by atoms with van der Waals surface area (Å²) in [6.07, 6.45) is 4.34. The third-order valence-corrected chi connectivity index (χ3v) is 8.27. The topological polar surface area (TPSA) is 145 Å². The predicted molar refractivity (Wildman–Crippen MR) is 147 cm³/mol. The van der Waals surface area contributed by atoms with E-state index in [4.69, 9.17) is 15.6 Å². The first-order valence-corrected chi connectivity index (χ1v) is 14.0. The van der Waals surface area contributed by atoms with Crippen LogP contribution in [0.1, 0.15) is 24.4 Å². The van der Waals surface area contributed by atoms with Gasteiger partial charge < -0.3 is 15.4 Å². The second kappa shape index (κ2) is 11.0. The molecule has 2 aromatic carbocycles. The number of sulfonamides is 1. The lowest BCUT2D eigenvalue weighted by Gasteiger charge is -2.32. The fourth-order valence-electron chi connectivity index (χ4n) is 4.79. The summed E-state index contributed by atoms with van der Waals surface area (Å²) in [5.41, 5.74) is 8.86. The van der Waals surface area contributed by atoms with Crippen LogP contribution in [0.15, 0.2) is 66.3 Å². The Hall–Kier alpha value is -4.36. The van der Waals surface area contributed by atoms with E-state index >= 15 is 0 Å². The Morgan fingerprint density at radius 1 is 1.25 bits per heavy atom. The van der Waals surface area contributed by atoms with Crippen molar-refractivity contribution >= 4 is 32.8 Å². The van der Waals surface area contributed by atoms with Gasteiger partial charge in [-0.05, 0) is 36.6 Å². The number of anilines is 1. The number of halogens is 1. The average Bonchev–Trinajstić information content (AvgIpc) is 3.37. The number of piperidine rings is 1. The second-order valence-corrected chi connectivity index (χ2v) is 11.1. The molecule has 0 spiro atoms. The van der Waals surface area contributed by atoms with Crippen molar-refractivity contribution in [1.29, 1.82) is 0 Å². The number of carbonyl (C=O) groups is 1. The Morgan fingerprint density at radius 2 is 2.02 bits per heavy atom. The highest BCUT2D eigenvalue weighted by Crippen LogP contribution is 2.34. The van der Waals surface area contributed by atoms with E-state index in [1.807, 2.05) is 16.8 Å². The Morgan fingerprint density at radius 3 is 2.75 bits per heavy atom. The number of nitrogens with one attached hydrogen (secondary N) is 1. The number of nitrogen functional groups attached to an aromatic ring is 1. The van der Waals surface area contributed by atoms with Crippen LogP contribution in [0.5, 0.6) is 5.75 Å². The number of likely N-dealkylation sites (tertiary alicyclic amines) is 1. The third kappa shape index (κ3) is 5.25. The quantitative estimate of drug-likeness (QED) is 0.310. The number of hydrogen-bond donors (Lipinski definition) is 2. The number of hydrogen-bond acceptors (Lipinski definition) is 8. The lowest BCUT2D eigenvalue weighted by molar-refractivity contribution is -0.127. The summed E-state index contributed by atoms with van der Waals surface area (Å²) in [6.45, 7) is 4.74. The maximum atomic E-state index is 13.7. The molecule has 208 valence electrons. The molecule has 1 fully saturated rings. The fourth-order valence-corrected chi connectivity index (χ4v) is 5.82. The SMILES string of the molecule is C=CC(=O)N1CCC[C@@H](n2nc(-c3ccc(CNS(=O)(=O)c4ccc(F)c(OC)c4)cc3)c3c(N)ncnc32)C1. The minimum atomic E-state index is -3.91. The van der Waals surface area contributed by atoms with Gasteiger partial charge in [-0.3, -0.25) is 4.79 Å². The summed E-state index contributed by atoms with van der Waals surface area (Å²) >= 11 is 0. The highest BCUT2D eigenvalue weighted by atomic mass is 32.2. The fraction of sp³-hybridized carbons (Fsp3) is 0.259. The highest BCUT2D eigenvalue weighted by molar-refractivity contribution is 7.89. The molecule has 1 atom stereocenters. The van der Waals surface area contributed by atoms with Crippen molar-refractivity contribution in [2.75, 3.05) is 25.9 Å². The van der Waals surface area contributed by atoms with Crippen LogP contribution in [-0.2, 0) is 21.4 Å². The molecule has 1 aliphatic rings. The van der Waals surface area contributed by atoms with Gasteiger partial charge >= 0.3 is 0 Å². The molecule has 3 heterocycles. The van der Waals surface area contributed by atoms with Gasteiger partial charge in [0, 0.05) is 31.3 Å². The number of ether oxygens (including phenoxy) is 1. The van der Waals surface area contributed by atoms with Crippen LogP contribution < -0.4 is 15.2 Å². The molecule has 13 heteroatoms. The Balaban J connectivity index is 1.39. The van der Waals surface area contributed by atoms with Crippen molar-refractivity contribution in [2.24, 2.45) is 0 Å². The first-order chi connectivity index (χ1) is 19.2. The zero-order valence-corrected chi connectivity index (χ0v) is 22.6. The number of methoxy groups -OCH3 is 1. The standard InChI is InChI=1S/C27H28FN7O4S/c1-3-23(36)34-12-4-5-19(15-34)35-27-24(26(29)30-16-31-27)25(33-35)18-8-6-17(7-9-18)14-32-40(37,38)20-10-11-21(28)22(13-20)39-2/h3,6-11,13,16,19,32H,1,4-5,12,14-15H2,2H3,(H2,29,30,31)/t19-/m1/s1. The van der Waals surface area contributed by atoms with Gasteiger partial charge in [-0.2, -0.15) is 5.10 Å². The number of fused-ring (bicyclic) bond motifs is 1. The first-order valence-electron chi connectivity index (χ1n) is 12.5. The summed E-state index contributed by atoms with van der Waals surface area (Å²) in [6, 6.07) is 10.4. The van der Waals surface area contributed by atoms with E-state index in [-0.39, 0.29) is 35.0 Å². The van der Waals surface area contributed by atoms with Crippen molar-refractivity contribution in [3.8, 4) is 17.0 Å². The lowest BCUT2D eigenvalue weighted by atomic mass is 10.1. The molecule has 4 aromatic rings. The normalized spacial score (nSPS) is 15.8. The molecule has 0 bridgehead atoms. The van der Waals surface area contributed by atoms with E-state index in [9.17, 15) is 17.6 Å². The second-order valence-electron chi connectivity index (χ2n) is 9.35. The number of rotatable bonds is 8. The zero-order chi connectivity index (χ0) is 28.4. The first kappa shape index (κ1) is 27.2. The largest absolute Gasteiger partial charge is 0.494 e. The summed E-state index contributed by atoms with van der Waals surface area (Å²) in [7, 11) is -2.64. The summed E-state index contributed by atoms with van der Waals surface area (Å²) in [4.78, 5) is 22.5. The smallest absolute Gasteiger partial charge is 0.246 e. The van der Waals surface area contributed by atoms with Gasteiger partial charge in [0.1, 0.15) is 17.8 Å². The van der Waals surface area contributed by atoms with Gasteiger partial charge in [0.05, 0.1) is 23.4 Å². The summed E-state index contributed by atoms with van der Waals surface area (Å²) in [5.74, 6) is -0.646. The summed E-state index contributed by atoms with van der Waals surface area (Å²) in [5, 5.41) is 5.46. The molecule has 2 aromatic heterocycles. The molecule has 0 saturated carbocycles.